The van der Waals surface area contributed by atoms with Crippen molar-refractivity contribution in [2.45, 2.75) is 19.8 Å². The molecule has 0 bridgehead atoms. The number of benzene rings is 1. The number of carbonyl (C=O) groups is 2. The second-order valence-electron chi connectivity index (χ2n) is 4.48. The average Bonchev–Trinajstić information content (AvgIpc) is 2.67. The van der Waals surface area contributed by atoms with E-state index in [0.717, 1.165) is 5.56 Å². The summed E-state index contributed by atoms with van der Waals surface area (Å²) >= 11 is 0. The van der Waals surface area contributed by atoms with Gasteiger partial charge in [0.1, 0.15) is 6.54 Å². The van der Waals surface area contributed by atoms with Crippen molar-refractivity contribution in [1.29, 1.82) is 5.26 Å². The lowest BCUT2D eigenvalue weighted by atomic mass is 9.98. The molecular formula is C13H13N3O2. The van der Waals surface area contributed by atoms with E-state index in [9.17, 15) is 9.59 Å². The maximum atomic E-state index is 11.6. The van der Waals surface area contributed by atoms with Crippen LogP contribution >= 0.6 is 0 Å². The molecule has 18 heavy (non-hydrogen) atoms. The van der Waals surface area contributed by atoms with Crippen LogP contribution in [0.1, 0.15) is 30.9 Å². The van der Waals surface area contributed by atoms with Crippen LogP contribution in [0.2, 0.25) is 0 Å². The van der Waals surface area contributed by atoms with Crippen molar-refractivity contribution < 1.29 is 9.59 Å². The molecule has 2 rings (SSSR count). The fourth-order valence-electron chi connectivity index (χ4n) is 1.97. The first-order valence-corrected chi connectivity index (χ1v) is 5.68. The van der Waals surface area contributed by atoms with E-state index in [2.05, 4.69) is 11.4 Å². The highest BCUT2D eigenvalue weighted by Crippen LogP contribution is 2.29. The van der Waals surface area contributed by atoms with Crippen molar-refractivity contribution in [2.75, 3.05) is 11.4 Å². The molecule has 5 nitrogen and oxygen atoms in total. The smallest absolute Gasteiger partial charge is 0.284 e. The Bertz CT molecular complexity index is 558. The Morgan fingerprint density at radius 2 is 2.11 bits per heavy atom. The molecule has 5 heteroatoms. The van der Waals surface area contributed by atoms with Gasteiger partial charge in [0.2, 0.25) is 5.91 Å². The zero-order valence-electron chi connectivity index (χ0n) is 10.2. The third-order valence-corrected chi connectivity index (χ3v) is 2.86. The Morgan fingerprint density at radius 1 is 1.39 bits per heavy atom. The van der Waals surface area contributed by atoms with Gasteiger partial charge in [-0.3, -0.25) is 15.0 Å². The predicted octanol–water partition coefficient (Wildman–Crippen LogP) is 1.74. The summed E-state index contributed by atoms with van der Waals surface area (Å²) < 4.78 is 0. The summed E-state index contributed by atoms with van der Waals surface area (Å²) in [4.78, 5) is 24.3. The van der Waals surface area contributed by atoms with Gasteiger partial charge >= 0.3 is 6.03 Å². The van der Waals surface area contributed by atoms with Crippen LogP contribution in [0.25, 0.3) is 0 Å². The maximum Gasteiger partial charge on any atom is 0.329 e. The maximum absolute atomic E-state index is 11.6. The molecule has 0 aliphatic carbocycles. The quantitative estimate of drug-likeness (QED) is 0.804. The summed E-state index contributed by atoms with van der Waals surface area (Å²) in [6, 6.07) is 6.79. The molecule has 0 unspecified atom stereocenters. The van der Waals surface area contributed by atoms with E-state index in [-0.39, 0.29) is 18.4 Å². The van der Waals surface area contributed by atoms with Crippen LogP contribution in [0.3, 0.4) is 0 Å². The van der Waals surface area contributed by atoms with E-state index in [1.807, 2.05) is 13.8 Å². The lowest BCUT2D eigenvalue weighted by Gasteiger charge is -2.20. The van der Waals surface area contributed by atoms with Gasteiger partial charge in [-0.1, -0.05) is 13.8 Å². The van der Waals surface area contributed by atoms with Crippen molar-refractivity contribution in [3.05, 3.63) is 29.3 Å². The van der Waals surface area contributed by atoms with Crippen molar-refractivity contribution in [3.8, 4) is 6.07 Å². The number of imide groups is 1. The Hall–Kier alpha value is -2.35. The molecule has 1 aliphatic rings. The first kappa shape index (κ1) is 12.1. The minimum atomic E-state index is -0.411. The van der Waals surface area contributed by atoms with Gasteiger partial charge in [0.15, 0.2) is 0 Å². The number of nitriles is 1. The Balaban J connectivity index is 2.48. The summed E-state index contributed by atoms with van der Waals surface area (Å²) in [6.07, 6.45) is 0. The van der Waals surface area contributed by atoms with Crippen molar-refractivity contribution >= 4 is 17.6 Å². The van der Waals surface area contributed by atoms with Crippen molar-refractivity contribution in [1.82, 2.24) is 5.32 Å². The molecule has 0 saturated carbocycles. The lowest BCUT2D eigenvalue weighted by Crippen LogP contribution is -2.28. The topological polar surface area (TPSA) is 73.2 Å². The molecule has 1 heterocycles. The number of anilines is 1. The van der Waals surface area contributed by atoms with Crippen LogP contribution in [0.4, 0.5) is 10.5 Å². The van der Waals surface area contributed by atoms with Crippen molar-refractivity contribution in [3.63, 3.8) is 0 Å². The number of rotatable bonds is 2. The van der Waals surface area contributed by atoms with Gasteiger partial charge in [0, 0.05) is 5.69 Å². The SMILES string of the molecule is CC(C)c1cc(C#N)ccc1N1CC(=O)NC1=O. The van der Waals surface area contributed by atoms with E-state index in [1.54, 1.807) is 18.2 Å². The summed E-state index contributed by atoms with van der Waals surface area (Å²) in [6.45, 7) is 4.00. The van der Waals surface area contributed by atoms with Crippen LogP contribution < -0.4 is 10.2 Å². The first-order chi connectivity index (χ1) is 8.52. The molecule has 0 atom stereocenters. The summed E-state index contributed by atoms with van der Waals surface area (Å²) in [7, 11) is 0. The second-order valence-corrected chi connectivity index (χ2v) is 4.48. The molecule has 0 spiro atoms. The Labute approximate surface area is 105 Å². The van der Waals surface area contributed by atoms with Crippen LogP contribution in [-0.2, 0) is 4.79 Å². The molecule has 1 aromatic rings. The van der Waals surface area contributed by atoms with E-state index in [4.69, 9.17) is 5.26 Å². The molecular weight excluding hydrogens is 230 g/mol. The van der Waals surface area contributed by atoms with Gasteiger partial charge in [0.05, 0.1) is 11.6 Å². The summed E-state index contributed by atoms with van der Waals surface area (Å²) in [5, 5.41) is 11.1. The standard InChI is InChI=1S/C13H13N3O2/c1-8(2)10-5-9(6-14)3-4-11(10)16-7-12(17)15-13(16)18/h3-5,8H,7H2,1-2H3,(H,15,17,18). The third-order valence-electron chi connectivity index (χ3n) is 2.86. The van der Waals surface area contributed by atoms with Crippen LogP contribution in [0, 0.1) is 11.3 Å². The second kappa shape index (κ2) is 4.49. The van der Waals surface area contributed by atoms with Gasteiger partial charge in [0.25, 0.3) is 0 Å². The molecule has 0 radical (unpaired) electrons. The monoisotopic (exact) mass is 243 g/mol. The van der Waals surface area contributed by atoms with E-state index < -0.39 is 6.03 Å². The fraction of sp³-hybridized carbons (Fsp3) is 0.308. The highest BCUT2D eigenvalue weighted by Gasteiger charge is 2.29. The minimum absolute atomic E-state index is 0.0322. The number of hydrogen-bond donors (Lipinski definition) is 1. The summed E-state index contributed by atoms with van der Waals surface area (Å²) in [5.74, 6) is -0.143. The molecule has 1 N–H and O–H groups in total. The van der Waals surface area contributed by atoms with E-state index >= 15 is 0 Å². The number of nitrogens with one attached hydrogen (secondary N) is 1. The molecule has 3 amide bonds. The third kappa shape index (κ3) is 2.05. The highest BCUT2D eigenvalue weighted by molar-refractivity contribution is 6.12. The molecule has 1 saturated heterocycles. The Morgan fingerprint density at radius 3 is 2.61 bits per heavy atom. The zero-order chi connectivity index (χ0) is 13.3. The molecule has 1 aliphatic heterocycles. The zero-order valence-corrected chi connectivity index (χ0v) is 10.2. The van der Waals surface area contributed by atoms with Crippen LogP contribution in [0.5, 0.6) is 0 Å². The highest BCUT2D eigenvalue weighted by atomic mass is 16.2. The normalized spacial score (nSPS) is 14.9. The molecule has 1 aromatic carbocycles. The number of nitrogens with zero attached hydrogens (tertiary/aromatic N) is 2. The first-order valence-electron chi connectivity index (χ1n) is 5.68. The Kier molecular flexibility index (Phi) is 3.02. The van der Waals surface area contributed by atoms with E-state index in [1.165, 1.54) is 4.90 Å². The largest absolute Gasteiger partial charge is 0.329 e. The molecule has 0 aromatic heterocycles. The molecule has 1 fully saturated rings. The van der Waals surface area contributed by atoms with E-state index in [0.29, 0.717) is 11.3 Å². The number of hydrogen-bond acceptors (Lipinski definition) is 3. The molecule has 92 valence electrons. The minimum Gasteiger partial charge on any atom is -0.284 e. The predicted molar refractivity (Wildman–Crippen MR) is 66.1 cm³/mol. The summed E-state index contributed by atoms with van der Waals surface area (Å²) in [5.41, 5.74) is 2.12. The van der Waals surface area contributed by atoms with Gasteiger partial charge in [-0.25, -0.2) is 4.79 Å². The number of carbonyl (C=O) groups excluding carboxylic acids is 2. The van der Waals surface area contributed by atoms with Crippen molar-refractivity contribution in [2.24, 2.45) is 0 Å². The van der Waals surface area contributed by atoms with Crippen LogP contribution in [0.15, 0.2) is 18.2 Å². The average molecular weight is 243 g/mol. The van der Waals surface area contributed by atoms with Gasteiger partial charge in [-0.15, -0.1) is 0 Å². The fourth-order valence-corrected chi connectivity index (χ4v) is 1.97. The van der Waals surface area contributed by atoms with Gasteiger partial charge in [-0.2, -0.15) is 5.26 Å². The number of urea groups is 1. The van der Waals surface area contributed by atoms with Crippen LogP contribution in [-0.4, -0.2) is 18.5 Å². The lowest BCUT2D eigenvalue weighted by molar-refractivity contribution is -0.117. The van der Waals surface area contributed by atoms with Gasteiger partial charge in [-0.05, 0) is 29.7 Å². The number of amides is 3. The van der Waals surface area contributed by atoms with Gasteiger partial charge < -0.3 is 0 Å².